The van der Waals surface area contributed by atoms with Gasteiger partial charge in [-0.2, -0.15) is 0 Å². The largest absolute Gasteiger partial charge is 0.455 e. The number of carbonyl (C=O) groups is 2. The molecule has 1 aromatic heterocycles. The molecule has 2 rings (SSSR count). The lowest BCUT2D eigenvalue weighted by atomic mass is 9.69. The van der Waals surface area contributed by atoms with Gasteiger partial charge in [0.25, 0.3) is 0 Å². The molecular formula is C30H45NO5S. The molecule has 7 atom stereocenters. The minimum atomic E-state index is -1.26. The van der Waals surface area contributed by atoms with Gasteiger partial charge >= 0.3 is 5.97 Å². The van der Waals surface area contributed by atoms with E-state index in [4.69, 9.17) is 9.47 Å². The number of allylic oxidation sites excluding steroid dienone is 1. The summed E-state index contributed by atoms with van der Waals surface area (Å²) in [5.74, 6) is -0.540. The summed E-state index contributed by atoms with van der Waals surface area (Å²) in [5, 5.41) is 14.0. The maximum atomic E-state index is 13.6. The first-order valence-electron chi connectivity index (χ1n) is 13.2. The quantitative estimate of drug-likeness (QED) is 0.361. The number of aromatic nitrogens is 1. The molecule has 0 bridgehead atoms. The van der Waals surface area contributed by atoms with E-state index in [-0.39, 0.29) is 24.0 Å². The number of ether oxygens (including phenoxy) is 2. The number of carbonyl (C=O) groups excluding carboxylic acids is 2. The predicted octanol–water partition coefficient (Wildman–Crippen LogP) is 6.33. The van der Waals surface area contributed by atoms with Crippen molar-refractivity contribution in [3.63, 3.8) is 0 Å². The Labute approximate surface area is 226 Å². The van der Waals surface area contributed by atoms with Crippen molar-refractivity contribution in [2.75, 3.05) is 7.11 Å². The standard InChI is InChI=1S/C30H45NO5S/c1-10-30(8)26(32)16-27(33)36-28(20(4)15-24-17-37-23(7)31-24)25(35-9)14-18(2)12-11-13-19(3)21(5)22(6)29(30)34/h10,14-15,17,19,21-22,25-26,28,32H,1,11-13,16H2,2-9H3/b18-14-,20-15+/t19-,21-,22+,25?,26-,28+,30-/m0/s1. The summed E-state index contributed by atoms with van der Waals surface area (Å²) in [6.07, 6.45) is 5.44. The molecule has 0 amide bonds. The van der Waals surface area contributed by atoms with Crippen LogP contribution in [0.2, 0.25) is 0 Å². The third-order valence-electron chi connectivity index (χ3n) is 8.08. The number of rotatable bonds is 4. The summed E-state index contributed by atoms with van der Waals surface area (Å²) in [4.78, 5) is 31.2. The Morgan fingerprint density at radius 1 is 1.30 bits per heavy atom. The molecule has 0 saturated heterocycles. The van der Waals surface area contributed by atoms with Crippen LogP contribution in [0.1, 0.15) is 77.9 Å². The summed E-state index contributed by atoms with van der Waals surface area (Å²) in [6, 6.07) is 0. The van der Waals surface area contributed by atoms with Gasteiger partial charge in [-0.25, -0.2) is 4.98 Å². The number of nitrogens with zero attached hydrogens (tertiary/aromatic N) is 1. The smallest absolute Gasteiger partial charge is 0.309 e. The molecule has 6 nitrogen and oxygen atoms in total. The van der Waals surface area contributed by atoms with Crippen molar-refractivity contribution in [2.45, 2.75) is 92.5 Å². The number of aryl methyl sites for hydroxylation is 1. The van der Waals surface area contributed by atoms with Gasteiger partial charge in [-0.1, -0.05) is 44.9 Å². The van der Waals surface area contributed by atoms with E-state index in [2.05, 4.69) is 32.3 Å². The number of thiazole rings is 1. The fraction of sp³-hybridized carbons (Fsp3) is 0.633. The summed E-state index contributed by atoms with van der Waals surface area (Å²) in [5.41, 5.74) is 1.46. The normalized spacial score (nSPS) is 34.9. The lowest BCUT2D eigenvalue weighted by molar-refractivity contribution is -0.156. The van der Waals surface area contributed by atoms with E-state index in [1.54, 1.807) is 25.4 Å². The predicted molar refractivity (Wildman–Crippen MR) is 150 cm³/mol. The Hall–Kier alpha value is -2.09. The van der Waals surface area contributed by atoms with Gasteiger partial charge in [0.15, 0.2) is 6.10 Å². The van der Waals surface area contributed by atoms with E-state index in [0.29, 0.717) is 5.92 Å². The van der Waals surface area contributed by atoms with E-state index in [9.17, 15) is 14.7 Å². The van der Waals surface area contributed by atoms with Crippen LogP contribution in [0.15, 0.2) is 35.3 Å². The zero-order chi connectivity index (χ0) is 27.9. The Morgan fingerprint density at radius 2 is 1.97 bits per heavy atom. The molecule has 1 N–H and O–H groups in total. The number of ketones is 1. The number of Topliss-reactive ketones (excluding diaryl/α,β-unsaturated/α-hetero) is 1. The molecule has 0 saturated carbocycles. The molecule has 37 heavy (non-hydrogen) atoms. The zero-order valence-electron chi connectivity index (χ0n) is 23.7. The summed E-state index contributed by atoms with van der Waals surface area (Å²) in [7, 11) is 1.60. The summed E-state index contributed by atoms with van der Waals surface area (Å²) < 4.78 is 11.8. The van der Waals surface area contributed by atoms with E-state index in [1.807, 2.05) is 38.3 Å². The van der Waals surface area contributed by atoms with Crippen molar-refractivity contribution in [1.82, 2.24) is 4.98 Å². The second-order valence-electron chi connectivity index (χ2n) is 10.9. The van der Waals surface area contributed by atoms with Crippen LogP contribution in [0.25, 0.3) is 6.08 Å². The number of hydrogen-bond acceptors (Lipinski definition) is 7. The zero-order valence-corrected chi connectivity index (χ0v) is 24.6. The highest BCUT2D eigenvalue weighted by Crippen LogP contribution is 2.36. The molecule has 1 aromatic rings. The lowest BCUT2D eigenvalue weighted by Gasteiger charge is -2.36. The van der Waals surface area contributed by atoms with E-state index in [1.165, 1.54) is 6.08 Å². The second-order valence-corrected chi connectivity index (χ2v) is 12.0. The highest BCUT2D eigenvalue weighted by molar-refractivity contribution is 7.09. The van der Waals surface area contributed by atoms with Crippen LogP contribution in [0.5, 0.6) is 0 Å². The van der Waals surface area contributed by atoms with Crippen LogP contribution in [-0.4, -0.2) is 47.3 Å². The van der Waals surface area contributed by atoms with Gasteiger partial charge in [0.05, 0.1) is 28.6 Å². The van der Waals surface area contributed by atoms with Crippen molar-refractivity contribution < 1.29 is 24.2 Å². The molecule has 0 spiro atoms. The van der Waals surface area contributed by atoms with Crippen molar-refractivity contribution >= 4 is 29.2 Å². The maximum absolute atomic E-state index is 13.6. The summed E-state index contributed by atoms with van der Waals surface area (Å²) in [6.45, 7) is 17.6. The maximum Gasteiger partial charge on any atom is 0.309 e. The Kier molecular flexibility index (Phi) is 11.5. The van der Waals surface area contributed by atoms with Crippen LogP contribution in [0, 0.1) is 30.1 Å². The molecular weight excluding hydrogens is 486 g/mol. The van der Waals surface area contributed by atoms with Crippen molar-refractivity contribution in [2.24, 2.45) is 23.2 Å². The van der Waals surface area contributed by atoms with Gasteiger partial charge in [0.2, 0.25) is 0 Å². The molecule has 0 aliphatic carbocycles. The molecule has 206 valence electrons. The third-order valence-corrected chi connectivity index (χ3v) is 8.87. The summed E-state index contributed by atoms with van der Waals surface area (Å²) >= 11 is 1.55. The number of aliphatic hydroxyl groups is 1. The van der Waals surface area contributed by atoms with Crippen molar-refractivity contribution in [3.05, 3.63) is 46.0 Å². The molecule has 1 aliphatic heterocycles. The van der Waals surface area contributed by atoms with Gasteiger partial charge in [-0.3, -0.25) is 9.59 Å². The van der Waals surface area contributed by atoms with Gasteiger partial charge < -0.3 is 14.6 Å². The number of esters is 1. The van der Waals surface area contributed by atoms with Gasteiger partial charge in [0, 0.05) is 18.4 Å². The fourth-order valence-corrected chi connectivity index (χ4v) is 5.54. The van der Waals surface area contributed by atoms with Crippen LogP contribution in [0.3, 0.4) is 0 Å². The topological polar surface area (TPSA) is 85.7 Å². The van der Waals surface area contributed by atoms with Crippen LogP contribution >= 0.6 is 11.3 Å². The molecule has 1 unspecified atom stereocenters. The Morgan fingerprint density at radius 3 is 2.54 bits per heavy atom. The fourth-order valence-electron chi connectivity index (χ4n) is 4.97. The molecule has 0 fully saturated rings. The average Bonchev–Trinajstić information content (AvgIpc) is 3.27. The van der Waals surface area contributed by atoms with Gasteiger partial charge in [-0.05, 0) is 64.0 Å². The number of hydrogen-bond donors (Lipinski definition) is 1. The lowest BCUT2D eigenvalue weighted by Crippen LogP contribution is -2.45. The second kappa shape index (κ2) is 13.6. The highest BCUT2D eigenvalue weighted by Gasteiger charge is 2.43. The number of methoxy groups -OCH3 is 1. The van der Waals surface area contributed by atoms with E-state index >= 15 is 0 Å². The minimum Gasteiger partial charge on any atom is -0.455 e. The Balaban J connectivity index is 2.49. The van der Waals surface area contributed by atoms with E-state index < -0.39 is 29.7 Å². The average molecular weight is 532 g/mol. The first-order chi connectivity index (χ1) is 17.3. The number of aliphatic hydroxyl groups excluding tert-OH is 1. The van der Waals surface area contributed by atoms with Crippen LogP contribution in [0.4, 0.5) is 0 Å². The first-order valence-corrected chi connectivity index (χ1v) is 14.1. The SMILES string of the molecule is C=C[C@]1(C)C(=O)[C@H](C)[C@@H](C)[C@@H](C)CCC/C(C)=C\C(OC)[C@@H](/C(C)=C/c2csc(C)n2)OC(=O)C[C@@H]1O. The van der Waals surface area contributed by atoms with Crippen LogP contribution in [-0.2, 0) is 19.1 Å². The molecule has 0 aromatic carbocycles. The van der Waals surface area contributed by atoms with Gasteiger partial charge in [0.1, 0.15) is 11.9 Å². The van der Waals surface area contributed by atoms with Crippen molar-refractivity contribution in [1.29, 1.82) is 0 Å². The molecule has 7 heteroatoms. The van der Waals surface area contributed by atoms with Crippen LogP contribution < -0.4 is 0 Å². The molecule has 0 radical (unpaired) electrons. The monoisotopic (exact) mass is 531 g/mol. The van der Waals surface area contributed by atoms with Gasteiger partial charge in [-0.15, -0.1) is 17.9 Å². The highest BCUT2D eigenvalue weighted by atomic mass is 32.1. The van der Waals surface area contributed by atoms with Crippen molar-refractivity contribution in [3.8, 4) is 0 Å². The molecule has 2 heterocycles. The third kappa shape index (κ3) is 7.95. The minimum absolute atomic E-state index is 0.105. The van der Waals surface area contributed by atoms with E-state index in [0.717, 1.165) is 41.1 Å². The number of cyclic esters (lactones) is 1. The Bertz CT molecular complexity index is 1010. The first kappa shape index (κ1) is 31.1. The molecule has 1 aliphatic rings.